The van der Waals surface area contributed by atoms with E-state index in [0.29, 0.717) is 19.5 Å². The van der Waals surface area contributed by atoms with Crippen molar-refractivity contribution < 1.29 is 33.2 Å². The van der Waals surface area contributed by atoms with Crippen molar-refractivity contribution in [1.82, 2.24) is 19.9 Å². The molecule has 3 heterocycles. The average molecular weight is 505 g/mol. The summed E-state index contributed by atoms with van der Waals surface area (Å²) in [6.07, 6.45) is -1.03. The molecule has 2 aromatic carbocycles. The first-order valence-corrected chi connectivity index (χ1v) is 11.8. The van der Waals surface area contributed by atoms with E-state index >= 15 is 0 Å². The molecule has 5 atom stereocenters. The van der Waals surface area contributed by atoms with Crippen molar-refractivity contribution in [2.45, 2.75) is 49.3 Å². The van der Waals surface area contributed by atoms with E-state index in [1.807, 2.05) is 30.3 Å². The van der Waals surface area contributed by atoms with E-state index in [9.17, 15) is 28.5 Å². The van der Waals surface area contributed by atoms with E-state index in [-0.39, 0.29) is 11.3 Å². The zero-order valence-corrected chi connectivity index (χ0v) is 19.3. The van der Waals surface area contributed by atoms with Gasteiger partial charge in [-0.2, -0.15) is 0 Å². The van der Waals surface area contributed by atoms with Crippen LogP contribution in [-0.2, 0) is 11.3 Å². The SMILES string of the molecule is OC[C@H]1O[C@@]2(CCCN(Cc3ccccc3)C2)[C@H](O)[C@@H](n2cc(-c3cc(F)c(F)c(F)c3)nn2)[C@H]1O. The number of piperidine rings is 1. The molecule has 2 aliphatic heterocycles. The van der Waals surface area contributed by atoms with Crippen molar-refractivity contribution in [3.8, 4) is 11.3 Å². The fourth-order valence-electron chi connectivity index (χ4n) is 5.32. The number of hydrogen-bond acceptors (Lipinski definition) is 7. The van der Waals surface area contributed by atoms with Crippen molar-refractivity contribution in [3.05, 3.63) is 71.7 Å². The Balaban J connectivity index is 1.44. The fourth-order valence-corrected chi connectivity index (χ4v) is 5.32. The minimum Gasteiger partial charge on any atom is -0.394 e. The molecule has 2 fully saturated rings. The number of likely N-dealkylation sites (tertiary alicyclic amines) is 1. The van der Waals surface area contributed by atoms with E-state index in [1.54, 1.807) is 0 Å². The topological polar surface area (TPSA) is 104 Å². The summed E-state index contributed by atoms with van der Waals surface area (Å²) in [4.78, 5) is 2.15. The molecule has 5 rings (SSSR count). The molecule has 2 aliphatic rings. The molecule has 1 spiro atoms. The summed E-state index contributed by atoms with van der Waals surface area (Å²) in [5, 5.41) is 40.3. The van der Waals surface area contributed by atoms with Gasteiger partial charge in [0.25, 0.3) is 0 Å². The first-order chi connectivity index (χ1) is 17.3. The summed E-state index contributed by atoms with van der Waals surface area (Å²) >= 11 is 0. The van der Waals surface area contributed by atoms with Gasteiger partial charge in [-0.3, -0.25) is 4.90 Å². The van der Waals surface area contributed by atoms with Crippen LogP contribution in [0.3, 0.4) is 0 Å². The van der Waals surface area contributed by atoms with Crippen molar-refractivity contribution in [2.24, 2.45) is 0 Å². The zero-order valence-electron chi connectivity index (χ0n) is 19.3. The maximum absolute atomic E-state index is 13.7. The van der Waals surface area contributed by atoms with Gasteiger partial charge in [0.2, 0.25) is 0 Å². The van der Waals surface area contributed by atoms with Crippen LogP contribution in [0.25, 0.3) is 11.3 Å². The van der Waals surface area contributed by atoms with Crippen LogP contribution in [0.1, 0.15) is 24.4 Å². The van der Waals surface area contributed by atoms with E-state index in [1.165, 1.54) is 10.9 Å². The summed E-state index contributed by atoms with van der Waals surface area (Å²) in [6, 6.07) is 10.4. The lowest BCUT2D eigenvalue weighted by molar-refractivity contribution is -0.269. The highest BCUT2D eigenvalue weighted by Gasteiger charge is 2.56. The molecule has 0 saturated carbocycles. The van der Waals surface area contributed by atoms with Gasteiger partial charge in [0, 0.05) is 18.7 Å². The Morgan fingerprint density at radius 2 is 1.81 bits per heavy atom. The number of aliphatic hydroxyl groups excluding tert-OH is 3. The lowest BCUT2D eigenvalue weighted by atomic mass is 9.78. The largest absolute Gasteiger partial charge is 0.394 e. The minimum atomic E-state index is -1.59. The van der Waals surface area contributed by atoms with Gasteiger partial charge in [-0.25, -0.2) is 17.9 Å². The predicted octanol–water partition coefficient (Wildman–Crippen LogP) is 2.05. The Bertz CT molecular complexity index is 1190. The predicted molar refractivity (Wildman–Crippen MR) is 122 cm³/mol. The van der Waals surface area contributed by atoms with E-state index in [0.717, 1.165) is 30.7 Å². The lowest BCUT2D eigenvalue weighted by Gasteiger charge is -2.53. The zero-order chi connectivity index (χ0) is 25.4. The van der Waals surface area contributed by atoms with Gasteiger partial charge in [-0.1, -0.05) is 35.5 Å². The Morgan fingerprint density at radius 3 is 2.50 bits per heavy atom. The van der Waals surface area contributed by atoms with Crippen molar-refractivity contribution >= 4 is 0 Å². The third-order valence-corrected chi connectivity index (χ3v) is 7.07. The maximum atomic E-state index is 13.7. The van der Waals surface area contributed by atoms with E-state index in [4.69, 9.17) is 4.74 Å². The molecule has 0 aliphatic carbocycles. The molecule has 0 unspecified atom stereocenters. The summed E-state index contributed by atoms with van der Waals surface area (Å²) in [5.74, 6) is -4.33. The van der Waals surface area contributed by atoms with Crippen LogP contribution in [0.15, 0.2) is 48.7 Å². The fraction of sp³-hybridized carbons (Fsp3) is 0.440. The molecule has 0 bridgehead atoms. The standard InChI is InChI=1S/C25H27F3N4O4/c26-17-9-16(10-18(27)21(17)28)19-12-32(30-29-19)22-23(34)20(13-33)36-25(24(22)35)7-4-8-31(14-25)11-15-5-2-1-3-6-15/h1-3,5-6,9-10,12,20,22-24,33-35H,4,7-8,11,13-14H2/t20-,22+,23+,24-,25-/m1/s1. The monoisotopic (exact) mass is 504 g/mol. The van der Waals surface area contributed by atoms with Crippen LogP contribution in [0, 0.1) is 17.5 Å². The van der Waals surface area contributed by atoms with Gasteiger partial charge in [-0.05, 0) is 37.1 Å². The highest BCUT2D eigenvalue weighted by molar-refractivity contribution is 5.58. The molecular formula is C25H27F3N4O4. The van der Waals surface area contributed by atoms with Crippen molar-refractivity contribution in [3.63, 3.8) is 0 Å². The summed E-state index contributed by atoms with van der Waals surface area (Å²) in [6.45, 7) is 1.31. The lowest BCUT2D eigenvalue weighted by Crippen LogP contribution is -2.67. The van der Waals surface area contributed by atoms with Crippen LogP contribution >= 0.6 is 0 Å². The quantitative estimate of drug-likeness (QED) is 0.457. The van der Waals surface area contributed by atoms with E-state index in [2.05, 4.69) is 15.2 Å². The number of hydrogen-bond donors (Lipinski definition) is 3. The number of halogens is 3. The normalized spacial score (nSPS) is 29.1. The third-order valence-electron chi connectivity index (χ3n) is 7.07. The maximum Gasteiger partial charge on any atom is 0.194 e. The Morgan fingerprint density at radius 1 is 1.08 bits per heavy atom. The number of nitrogens with zero attached hydrogens (tertiary/aromatic N) is 4. The highest BCUT2D eigenvalue weighted by atomic mass is 19.2. The van der Waals surface area contributed by atoms with Gasteiger partial charge in [0.05, 0.1) is 12.8 Å². The van der Waals surface area contributed by atoms with Crippen LogP contribution in [0.4, 0.5) is 13.2 Å². The summed E-state index contributed by atoms with van der Waals surface area (Å²) in [5.41, 5.74) is -0.00359. The average Bonchev–Trinajstić information content (AvgIpc) is 3.35. The second-order valence-electron chi connectivity index (χ2n) is 9.47. The molecule has 1 aromatic heterocycles. The molecule has 11 heteroatoms. The van der Waals surface area contributed by atoms with Crippen LogP contribution in [0.2, 0.25) is 0 Å². The number of aromatic nitrogens is 3. The number of aliphatic hydroxyl groups is 3. The smallest absolute Gasteiger partial charge is 0.194 e. The molecule has 2 saturated heterocycles. The molecule has 192 valence electrons. The molecule has 0 radical (unpaired) electrons. The molecule has 3 aromatic rings. The number of benzene rings is 2. The Hall–Kier alpha value is -2.83. The van der Waals surface area contributed by atoms with Gasteiger partial charge in [-0.15, -0.1) is 5.10 Å². The molecule has 8 nitrogen and oxygen atoms in total. The molecule has 0 amide bonds. The van der Waals surface area contributed by atoms with Crippen LogP contribution < -0.4 is 0 Å². The summed E-state index contributed by atoms with van der Waals surface area (Å²) in [7, 11) is 0. The van der Waals surface area contributed by atoms with Crippen molar-refractivity contribution in [1.29, 1.82) is 0 Å². The van der Waals surface area contributed by atoms with Crippen LogP contribution in [-0.4, -0.2) is 78.8 Å². The molecule has 3 N–H and O–H groups in total. The van der Waals surface area contributed by atoms with Gasteiger partial charge >= 0.3 is 0 Å². The van der Waals surface area contributed by atoms with Gasteiger partial charge in [0.15, 0.2) is 17.5 Å². The summed E-state index contributed by atoms with van der Waals surface area (Å²) < 4.78 is 48.2. The van der Waals surface area contributed by atoms with Crippen molar-refractivity contribution in [2.75, 3.05) is 19.7 Å². The Kier molecular flexibility index (Phi) is 6.84. The highest BCUT2D eigenvalue weighted by Crippen LogP contribution is 2.42. The number of rotatable bonds is 5. The van der Waals surface area contributed by atoms with Crippen LogP contribution in [0.5, 0.6) is 0 Å². The molecular weight excluding hydrogens is 477 g/mol. The first kappa shape index (κ1) is 24.8. The second kappa shape index (κ2) is 9.91. The Labute approximate surface area is 205 Å². The second-order valence-corrected chi connectivity index (χ2v) is 9.47. The van der Waals surface area contributed by atoms with Gasteiger partial charge in [0.1, 0.15) is 35.6 Å². The molecule has 36 heavy (non-hydrogen) atoms. The van der Waals surface area contributed by atoms with Gasteiger partial charge < -0.3 is 20.1 Å². The first-order valence-electron chi connectivity index (χ1n) is 11.8. The third kappa shape index (κ3) is 4.53. The van der Waals surface area contributed by atoms with E-state index < -0.39 is 54.0 Å². The minimum absolute atomic E-state index is 0.0302. The number of ether oxygens (including phenoxy) is 1.